The largest absolute Gasteiger partial charge is 0.490 e. The highest BCUT2D eigenvalue weighted by atomic mass is 32.1. The monoisotopic (exact) mass is 394 g/mol. The minimum absolute atomic E-state index is 0.0393. The Hall–Kier alpha value is -2.81. The summed E-state index contributed by atoms with van der Waals surface area (Å²) in [6, 6.07) is 3.19. The van der Waals surface area contributed by atoms with Gasteiger partial charge in [0.25, 0.3) is 5.91 Å². The zero-order chi connectivity index (χ0) is 19.8. The van der Waals surface area contributed by atoms with Gasteiger partial charge in [-0.15, -0.1) is 11.3 Å². The van der Waals surface area contributed by atoms with Crippen molar-refractivity contribution < 1.29 is 28.9 Å². The number of rotatable bonds is 10. The van der Waals surface area contributed by atoms with Crippen LogP contribution in [-0.2, 0) is 6.54 Å². The number of amides is 1. The molecule has 27 heavy (non-hydrogen) atoms. The summed E-state index contributed by atoms with van der Waals surface area (Å²) in [5, 5.41) is 13.6. The Morgan fingerprint density at radius 1 is 1.07 bits per heavy atom. The van der Waals surface area contributed by atoms with E-state index in [9.17, 15) is 9.59 Å². The molecule has 0 saturated carbocycles. The van der Waals surface area contributed by atoms with Crippen molar-refractivity contribution in [3.05, 3.63) is 33.8 Å². The predicted molar refractivity (Wildman–Crippen MR) is 100 cm³/mol. The van der Waals surface area contributed by atoms with Gasteiger partial charge in [0.15, 0.2) is 17.2 Å². The van der Waals surface area contributed by atoms with Crippen molar-refractivity contribution in [1.29, 1.82) is 0 Å². The molecule has 0 aliphatic carbocycles. The highest BCUT2D eigenvalue weighted by Crippen LogP contribution is 2.39. The molecule has 0 aliphatic rings. The standard InChI is InChI=1S/C18H22N2O6S/c1-4-24-13-7-11(8-14(25-5-2)16(13)26-6-3)17(21)19-9-15-20-12(10-27-15)18(22)23/h7-8,10H,4-6,9H2,1-3H3,(H,19,21)(H,22,23). The first-order chi connectivity index (χ1) is 13.0. The predicted octanol–water partition coefficient (Wildman–Crippen LogP) is 2.97. The topological polar surface area (TPSA) is 107 Å². The molecule has 8 nitrogen and oxygen atoms in total. The summed E-state index contributed by atoms with van der Waals surface area (Å²) in [7, 11) is 0. The van der Waals surface area contributed by atoms with Gasteiger partial charge in [0.1, 0.15) is 5.01 Å². The Morgan fingerprint density at radius 3 is 2.15 bits per heavy atom. The van der Waals surface area contributed by atoms with Crippen molar-refractivity contribution in [3.63, 3.8) is 0 Å². The number of carbonyl (C=O) groups is 2. The number of ether oxygens (including phenoxy) is 3. The minimum atomic E-state index is -1.10. The SMILES string of the molecule is CCOc1cc(C(=O)NCc2nc(C(=O)O)cs2)cc(OCC)c1OCC. The molecule has 1 aromatic carbocycles. The smallest absolute Gasteiger partial charge is 0.355 e. The first-order valence-corrected chi connectivity index (χ1v) is 9.40. The van der Waals surface area contributed by atoms with Crippen LogP contribution in [0.15, 0.2) is 17.5 Å². The second kappa shape index (κ2) is 9.77. The molecule has 1 heterocycles. The molecule has 2 N–H and O–H groups in total. The molecule has 0 aliphatic heterocycles. The van der Waals surface area contributed by atoms with Gasteiger partial charge in [-0.1, -0.05) is 0 Å². The lowest BCUT2D eigenvalue weighted by Crippen LogP contribution is -2.23. The van der Waals surface area contributed by atoms with Crippen LogP contribution >= 0.6 is 11.3 Å². The summed E-state index contributed by atoms with van der Waals surface area (Å²) in [5.41, 5.74) is 0.308. The number of aromatic nitrogens is 1. The maximum Gasteiger partial charge on any atom is 0.355 e. The number of benzene rings is 1. The molecular weight excluding hydrogens is 372 g/mol. The first-order valence-electron chi connectivity index (χ1n) is 8.52. The molecule has 1 amide bonds. The van der Waals surface area contributed by atoms with Crippen LogP contribution in [0.25, 0.3) is 0 Å². The summed E-state index contributed by atoms with van der Waals surface area (Å²) in [6.45, 7) is 6.91. The quantitative estimate of drug-likeness (QED) is 0.638. The molecule has 0 radical (unpaired) electrons. The lowest BCUT2D eigenvalue weighted by Gasteiger charge is -2.17. The van der Waals surface area contributed by atoms with E-state index in [1.807, 2.05) is 20.8 Å². The van der Waals surface area contributed by atoms with Crippen molar-refractivity contribution >= 4 is 23.2 Å². The highest BCUT2D eigenvalue weighted by molar-refractivity contribution is 7.09. The van der Waals surface area contributed by atoms with Crippen LogP contribution in [0.4, 0.5) is 0 Å². The van der Waals surface area contributed by atoms with Gasteiger partial charge in [-0.3, -0.25) is 4.79 Å². The molecule has 2 rings (SSSR count). The normalized spacial score (nSPS) is 10.3. The van der Waals surface area contributed by atoms with Crippen molar-refractivity contribution in [3.8, 4) is 17.2 Å². The van der Waals surface area contributed by atoms with Crippen LogP contribution in [-0.4, -0.2) is 41.8 Å². The average Bonchev–Trinajstić information content (AvgIpc) is 3.12. The van der Waals surface area contributed by atoms with E-state index in [0.29, 0.717) is 47.6 Å². The zero-order valence-electron chi connectivity index (χ0n) is 15.4. The molecule has 1 aromatic heterocycles. The second-order valence-electron chi connectivity index (χ2n) is 5.21. The third kappa shape index (κ3) is 5.33. The number of carbonyl (C=O) groups excluding carboxylic acids is 1. The number of carboxylic acids is 1. The Balaban J connectivity index is 2.21. The third-order valence-electron chi connectivity index (χ3n) is 3.34. The fraction of sp³-hybridized carbons (Fsp3) is 0.389. The van der Waals surface area contributed by atoms with Gasteiger partial charge < -0.3 is 24.6 Å². The van der Waals surface area contributed by atoms with Crippen molar-refractivity contribution in [2.24, 2.45) is 0 Å². The van der Waals surface area contributed by atoms with Gasteiger partial charge in [-0.25, -0.2) is 9.78 Å². The Morgan fingerprint density at radius 2 is 1.67 bits per heavy atom. The van der Waals surface area contributed by atoms with Crippen LogP contribution in [0, 0.1) is 0 Å². The molecular formula is C18H22N2O6S. The number of hydrogen-bond donors (Lipinski definition) is 2. The highest BCUT2D eigenvalue weighted by Gasteiger charge is 2.18. The Labute approximate surface area is 161 Å². The van der Waals surface area contributed by atoms with Gasteiger partial charge in [0.05, 0.1) is 26.4 Å². The molecule has 0 spiro atoms. The molecule has 9 heteroatoms. The van der Waals surface area contributed by atoms with Crippen LogP contribution in [0.2, 0.25) is 0 Å². The number of nitrogens with one attached hydrogen (secondary N) is 1. The summed E-state index contributed by atoms with van der Waals surface area (Å²) in [6.07, 6.45) is 0. The Bertz CT molecular complexity index is 778. The molecule has 0 bridgehead atoms. The summed E-state index contributed by atoms with van der Waals surface area (Å²) in [5.74, 6) is -0.135. The van der Waals surface area contributed by atoms with Crippen molar-refractivity contribution in [2.45, 2.75) is 27.3 Å². The van der Waals surface area contributed by atoms with Crippen molar-refractivity contribution in [1.82, 2.24) is 10.3 Å². The van der Waals surface area contributed by atoms with E-state index < -0.39 is 5.97 Å². The van der Waals surface area contributed by atoms with Gasteiger partial charge >= 0.3 is 5.97 Å². The summed E-state index contributed by atoms with van der Waals surface area (Å²) < 4.78 is 16.8. The van der Waals surface area contributed by atoms with Gasteiger partial charge in [-0.2, -0.15) is 0 Å². The minimum Gasteiger partial charge on any atom is -0.490 e. The van der Waals surface area contributed by atoms with E-state index in [4.69, 9.17) is 19.3 Å². The number of hydrogen-bond acceptors (Lipinski definition) is 7. The number of thiazole rings is 1. The maximum absolute atomic E-state index is 12.5. The molecule has 0 fully saturated rings. The van der Waals surface area contributed by atoms with E-state index in [-0.39, 0.29) is 18.1 Å². The average molecular weight is 394 g/mol. The van der Waals surface area contributed by atoms with Crippen LogP contribution in [0.5, 0.6) is 17.2 Å². The van der Waals surface area contributed by atoms with Crippen LogP contribution in [0.3, 0.4) is 0 Å². The summed E-state index contributed by atoms with van der Waals surface area (Å²) in [4.78, 5) is 27.4. The van der Waals surface area contributed by atoms with Gasteiger partial charge in [0, 0.05) is 10.9 Å². The van der Waals surface area contributed by atoms with E-state index in [1.165, 1.54) is 16.7 Å². The second-order valence-corrected chi connectivity index (χ2v) is 6.16. The third-order valence-corrected chi connectivity index (χ3v) is 4.19. The molecule has 0 unspecified atom stereocenters. The van der Waals surface area contributed by atoms with Crippen LogP contribution < -0.4 is 19.5 Å². The fourth-order valence-corrected chi connectivity index (χ4v) is 2.98. The molecule has 2 aromatic rings. The number of aromatic carboxylic acids is 1. The van der Waals surface area contributed by atoms with E-state index in [0.717, 1.165) is 0 Å². The number of nitrogens with zero attached hydrogens (tertiary/aromatic N) is 1. The van der Waals surface area contributed by atoms with Crippen molar-refractivity contribution in [2.75, 3.05) is 19.8 Å². The maximum atomic E-state index is 12.5. The van der Waals surface area contributed by atoms with E-state index in [1.54, 1.807) is 12.1 Å². The molecule has 146 valence electrons. The lowest BCUT2D eigenvalue weighted by molar-refractivity contribution is 0.0691. The molecule has 0 saturated heterocycles. The molecule has 0 atom stereocenters. The van der Waals surface area contributed by atoms with Gasteiger partial charge in [-0.05, 0) is 32.9 Å². The first kappa shape index (κ1) is 20.5. The van der Waals surface area contributed by atoms with Crippen LogP contribution in [0.1, 0.15) is 46.6 Å². The van der Waals surface area contributed by atoms with E-state index in [2.05, 4.69) is 10.3 Å². The summed E-state index contributed by atoms with van der Waals surface area (Å²) >= 11 is 1.17. The lowest BCUT2D eigenvalue weighted by atomic mass is 10.1. The zero-order valence-corrected chi connectivity index (χ0v) is 16.2. The fourth-order valence-electron chi connectivity index (χ4n) is 2.27. The van der Waals surface area contributed by atoms with E-state index >= 15 is 0 Å². The Kier molecular flexibility index (Phi) is 7.42. The number of carboxylic acid groups (broad SMARTS) is 1. The van der Waals surface area contributed by atoms with Gasteiger partial charge in [0.2, 0.25) is 5.75 Å².